The minimum atomic E-state index is -0.439. The molecular weight excluding hydrogens is 406 g/mol. The van der Waals surface area contributed by atoms with Gasteiger partial charge in [-0.1, -0.05) is 6.92 Å². The van der Waals surface area contributed by atoms with Gasteiger partial charge in [-0.25, -0.2) is 0 Å². The molecule has 4 amide bonds. The predicted octanol–water partition coefficient (Wildman–Crippen LogP) is -0.00820. The molecule has 2 N–H and O–H groups in total. The van der Waals surface area contributed by atoms with E-state index in [2.05, 4.69) is 10.6 Å². The van der Waals surface area contributed by atoms with E-state index < -0.39 is 23.6 Å². The van der Waals surface area contributed by atoms with Crippen molar-refractivity contribution in [3.8, 4) is 0 Å². The fraction of sp³-hybridized carbons (Fsp3) is 0.571. The highest BCUT2D eigenvalue weighted by atomic mass is 16.2. The molecule has 0 aromatic carbocycles. The van der Waals surface area contributed by atoms with Crippen molar-refractivity contribution in [1.29, 1.82) is 0 Å². The van der Waals surface area contributed by atoms with Crippen LogP contribution in [-0.4, -0.2) is 65.5 Å². The lowest BCUT2D eigenvalue weighted by molar-refractivity contribution is -0.137. The van der Waals surface area contributed by atoms with Gasteiger partial charge < -0.3 is 10.6 Å². The predicted molar refractivity (Wildman–Crippen MR) is 110 cm³/mol. The van der Waals surface area contributed by atoms with Crippen LogP contribution < -0.4 is 10.6 Å². The summed E-state index contributed by atoms with van der Waals surface area (Å²) in [4.78, 5) is 81.9. The van der Waals surface area contributed by atoms with Gasteiger partial charge in [0.05, 0.1) is 13.1 Å². The lowest BCUT2D eigenvalue weighted by Crippen LogP contribution is -2.33. The monoisotopic (exact) mass is 435 g/mol. The molecule has 1 aliphatic rings. The molecule has 0 saturated carbocycles. The van der Waals surface area contributed by atoms with E-state index in [1.54, 1.807) is 6.92 Å². The van der Waals surface area contributed by atoms with Gasteiger partial charge >= 0.3 is 0 Å². The van der Waals surface area contributed by atoms with E-state index >= 15 is 0 Å². The molecule has 1 heterocycles. The first-order valence-corrected chi connectivity index (χ1v) is 10.3. The van der Waals surface area contributed by atoms with Crippen molar-refractivity contribution in [3.05, 3.63) is 12.2 Å². The molecule has 0 unspecified atom stereocenters. The third-order valence-corrected chi connectivity index (χ3v) is 4.59. The lowest BCUT2D eigenvalue weighted by atomic mass is 10.1. The zero-order chi connectivity index (χ0) is 23.2. The topological polar surface area (TPSA) is 147 Å². The van der Waals surface area contributed by atoms with Crippen LogP contribution in [-0.2, 0) is 33.6 Å². The summed E-state index contributed by atoms with van der Waals surface area (Å²) in [6.07, 6.45) is 3.97. The van der Waals surface area contributed by atoms with E-state index in [1.165, 1.54) is 12.2 Å². The number of nitrogens with one attached hydrogen (secondary N) is 2. The number of rotatable bonds is 16. The maximum absolute atomic E-state index is 11.8. The quantitative estimate of drug-likeness (QED) is 0.324. The standard InChI is InChI=1S/C21H29N3O7/c1-2-15(25)5-3-6-16(26)13-23-19(29)9-8-17(27)14-22-18(28)7-4-12-24-20(30)10-11-21(24)31/h10-11H,2-9,12-14H2,1H3,(H,22,28)(H,23,29). The maximum Gasteiger partial charge on any atom is 0.253 e. The Labute approximate surface area is 180 Å². The van der Waals surface area contributed by atoms with Gasteiger partial charge in [0.1, 0.15) is 5.78 Å². The van der Waals surface area contributed by atoms with Crippen LogP contribution in [0.1, 0.15) is 58.3 Å². The van der Waals surface area contributed by atoms with Crippen LogP contribution in [0.4, 0.5) is 0 Å². The number of hydrogen-bond donors (Lipinski definition) is 2. The average molecular weight is 435 g/mol. The van der Waals surface area contributed by atoms with Crippen molar-refractivity contribution in [3.63, 3.8) is 0 Å². The van der Waals surface area contributed by atoms with Crippen molar-refractivity contribution in [2.45, 2.75) is 58.3 Å². The molecule has 0 aliphatic carbocycles. The first-order valence-electron chi connectivity index (χ1n) is 10.3. The number of hydrogen-bond acceptors (Lipinski definition) is 7. The molecule has 31 heavy (non-hydrogen) atoms. The summed E-state index contributed by atoms with van der Waals surface area (Å²) >= 11 is 0. The summed E-state index contributed by atoms with van der Waals surface area (Å²) in [6.45, 7) is 1.53. The van der Waals surface area contributed by atoms with E-state index in [-0.39, 0.29) is 69.1 Å². The van der Waals surface area contributed by atoms with E-state index in [0.29, 0.717) is 19.3 Å². The highest BCUT2D eigenvalue weighted by molar-refractivity contribution is 6.12. The van der Waals surface area contributed by atoms with Gasteiger partial charge in [-0.3, -0.25) is 38.5 Å². The third-order valence-electron chi connectivity index (χ3n) is 4.59. The molecule has 0 spiro atoms. The van der Waals surface area contributed by atoms with Crippen LogP contribution in [0.2, 0.25) is 0 Å². The number of imide groups is 1. The fourth-order valence-electron chi connectivity index (χ4n) is 2.71. The summed E-state index contributed by atoms with van der Waals surface area (Å²) in [7, 11) is 0. The Morgan fingerprint density at radius 1 is 0.710 bits per heavy atom. The summed E-state index contributed by atoms with van der Waals surface area (Å²) in [5.41, 5.74) is 0. The van der Waals surface area contributed by atoms with Crippen LogP contribution in [0.5, 0.6) is 0 Å². The Hall–Kier alpha value is -3.17. The minimum Gasteiger partial charge on any atom is -0.349 e. The Kier molecular flexibility index (Phi) is 11.6. The summed E-state index contributed by atoms with van der Waals surface area (Å²) in [5.74, 6) is -2.06. The largest absolute Gasteiger partial charge is 0.349 e. The molecule has 0 saturated heterocycles. The number of carbonyl (C=O) groups excluding carboxylic acids is 7. The van der Waals surface area contributed by atoms with Gasteiger partial charge in [-0.15, -0.1) is 0 Å². The summed E-state index contributed by atoms with van der Waals surface area (Å²) in [5, 5.41) is 4.87. The van der Waals surface area contributed by atoms with E-state index in [9.17, 15) is 33.6 Å². The summed E-state index contributed by atoms with van der Waals surface area (Å²) < 4.78 is 0. The third kappa shape index (κ3) is 11.0. The smallest absolute Gasteiger partial charge is 0.253 e. The number of Topliss-reactive ketones (excluding diaryl/α,β-unsaturated/α-hetero) is 3. The molecule has 170 valence electrons. The number of carbonyl (C=O) groups is 7. The molecule has 1 aliphatic heterocycles. The Morgan fingerprint density at radius 3 is 1.81 bits per heavy atom. The van der Waals surface area contributed by atoms with E-state index in [1.807, 2.05) is 0 Å². The SMILES string of the molecule is CCC(=O)CCCC(=O)CNC(=O)CCC(=O)CNC(=O)CCCN1C(=O)C=CC1=O. The van der Waals surface area contributed by atoms with Crippen molar-refractivity contribution in [2.24, 2.45) is 0 Å². The normalized spacial score (nSPS) is 12.7. The second-order valence-electron chi connectivity index (χ2n) is 7.14. The van der Waals surface area contributed by atoms with Crippen LogP contribution in [0.3, 0.4) is 0 Å². The van der Waals surface area contributed by atoms with Gasteiger partial charge in [0.15, 0.2) is 11.6 Å². The molecular formula is C21H29N3O7. The molecule has 0 bridgehead atoms. The van der Waals surface area contributed by atoms with Gasteiger partial charge in [-0.05, 0) is 12.8 Å². The van der Waals surface area contributed by atoms with Gasteiger partial charge in [0.2, 0.25) is 11.8 Å². The molecule has 10 nitrogen and oxygen atoms in total. The van der Waals surface area contributed by atoms with Gasteiger partial charge in [0, 0.05) is 57.2 Å². The fourth-order valence-corrected chi connectivity index (χ4v) is 2.71. The van der Waals surface area contributed by atoms with Crippen LogP contribution in [0.15, 0.2) is 12.2 Å². The van der Waals surface area contributed by atoms with E-state index in [4.69, 9.17) is 0 Å². The molecule has 1 rings (SSSR count). The minimum absolute atomic E-state index is 0.0524. The zero-order valence-corrected chi connectivity index (χ0v) is 17.7. The number of ketones is 3. The summed E-state index contributed by atoms with van der Waals surface area (Å²) in [6, 6.07) is 0. The maximum atomic E-state index is 11.8. The van der Waals surface area contributed by atoms with Gasteiger partial charge in [-0.2, -0.15) is 0 Å². The first-order chi connectivity index (χ1) is 14.7. The zero-order valence-electron chi connectivity index (χ0n) is 17.7. The van der Waals surface area contributed by atoms with Crippen molar-refractivity contribution in [2.75, 3.05) is 19.6 Å². The molecule has 0 aromatic rings. The molecule has 0 aromatic heterocycles. The number of nitrogens with zero attached hydrogens (tertiary/aromatic N) is 1. The van der Waals surface area contributed by atoms with Gasteiger partial charge in [0.25, 0.3) is 11.8 Å². The van der Waals surface area contributed by atoms with Crippen molar-refractivity contribution >= 4 is 41.0 Å². The first kappa shape index (κ1) is 25.9. The van der Waals surface area contributed by atoms with Crippen molar-refractivity contribution < 1.29 is 33.6 Å². The average Bonchev–Trinajstić information content (AvgIpc) is 3.06. The van der Waals surface area contributed by atoms with Crippen molar-refractivity contribution in [1.82, 2.24) is 15.5 Å². The second kappa shape index (κ2) is 13.9. The van der Waals surface area contributed by atoms with Crippen LogP contribution >= 0.6 is 0 Å². The highest BCUT2D eigenvalue weighted by Crippen LogP contribution is 2.05. The molecule has 0 radical (unpaired) electrons. The Morgan fingerprint density at radius 2 is 1.23 bits per heavy atom. The molecule has 0 fully saturated rings. The van der Waals surface area contributed by atoms with Crippen LogP contribution in [0, 0.1) is 0 Å². The molecule has 10 heteroatoms. The Bertz CT molecular complexity index is 740. The Balaban J connectivity index is 2.08. The highest BCUT2D eigenvalue weighted by Gasteiger charge is 2.22. The van der Waals surface area contributed by atoms with E-state index in [0.717, 1.165) is 4.90 Å². The molecule has 0 atom stereocenters. The number of amides is 4. The second-order valence-corrected chi connectivity index (χ2v) is 7.14. The van der Waals surface area contributed by atoms with Crippen LogP contribution in [0.25, 0.3) is 0 Å². The lowest BCUT2D eigenvalue weighted by Gasteiger charge is -2.13.